The summed E-state index contributed by atoms with van der Waals surface area (Å²) in [5.74, 6) is 0.0630. The highest BCUT2D eigenvalue weighted by Crippen LogP contribution is 2.28. The molecule has 0 saturated heterocycles. The fourth-order valence-corrected chi connectivity index (χ4v) is 1.36. The number of rotatable bonds is 1. The molecule has 0 aliphatic carbocycles. The first-order valence-electron chi connectivity index (χ1n) is 4.43. The third kappa shape index (κ3) is 2.33. The minimum Gasteiger partial charge on any atom is -0.396 e. The average Bonchev–Trinajstić information content (AvgIpc) is 2.70. The summed E-state index contributed by atoms with van der Waals surface area (Å²) in [5.41, 5.74) is 4.75. The van der Waals surface area contributed by atoms with Gasteiger partial charge in [0, 0.05) is 6.20 Å². The van der Waals surface area contributed by atoms with Crippen LogP contribution < -0.4 is 5.73 Å². The van der Waals surface area contributed by atoms with E-state index in [4.69, 9.17) is 17.3 Å². The predicted octanol–water partition coefficient (Wildman–Crippen LogP) is 2.52. The summed E-state index contributed by atoms with van der Waals surface area (Å²) in [7, 11) is 0. The molecule has 0 atom stereocenters. The molecule has 8 heteroatoms. The van der Waals surface area contributed by atoms with Crippen LogP contribution in [0.2, 0.25) is 5.15 Å². The van der Waals surface area contributed by atoms with Gasteiger partial charge in [-0.15, -0.1) is 0 Å². The van der Waals surface area contributed by atoms with Crippen molar-refractivity contribution in [3.63, 3.8) is 0 Å². The van der Waals surface area contributed by atoms with Crippen LogP contribution in [0.1, 0.15) is 5.69 Å². The van der Waals surface area contributed by atoms with Crippen LogP contribution in [0.4, 0.5) is 18.9 Å². The van der Waals surface area contributed by atoms with Gasteiger partial charge in [-0.25, -0.2) is 9.67 Å². The van der Waals surface area contributed by atoms with E-state index >= 15 is 0 Å². The van der Waals surface area contributed by atoms with Crippen LogP contribution >= 0.6 is 11.6 Å². The lowest BCUT2D eigenvalue weighted by molar-refractivity contribution is -0.141. The first kappa shape index (κ1) is 11.7. The molecule has 0 aliphatic heterocycles. The van der Waals surface area contributed by atoms with Gasteiger partial charge in [0.2, 0.25) is 0 Å². The molecule has 90 valence electrons. The minimum atomic E-state index is -4.50. The van der Waals surface area contributed by atoms with Gasteiger partial charge >= 0.3 is 6.18 Å². The number of hydrogen-bond donors (Lipinski definition) is 1. The van der Waals surface area contributed by atoms with E-state index in [1.165, 1.54) is 12.1 Å². The van der Waals surface area contributed by atoms with Gasteiger partial charge in [0.15, 0.2) is 11.5 Å². The molecule has 0 fully saturated rings. The second kappa shape index (κ2) is 3.92. The van der Waals surface area contributed by atoms with Crippen LogP contribution in [0.3, 0.4) is 0 Å². The topological polar surface area (TPSA) is 56.7 Å². The van der Waals surface area contributed by atoms with E-state index in [1.54, 1.807) is 0 Å². The highest BCUT2D eigenvalue weighted by atomic mass is 35.5. The van der Waals surface area contributed by atoms with E-state index in [1.807, 2.05) is 0 Å². The quantitative estimate of drug-likeness (QED) is 0.804. The van der Waals surface area contributed by atoms with Crippen LogP contribution in [0.15, 0.2) is 24.4 Å². The molecule has 0 amide bonds. The van der Waals surface area contributed by atoms with Crippen molar-refractivity contribution in [2.24, 2.45) is 0 Å². The standard InChI is InChI=1S/C9H6ClF3N4/c10-7-2-1-5(14)8(15-7)17-4-3-6(16-17)9(11,12)13/h1-4H,14H2. The maximum Gasteiger partial charge on any atom is 0.435 e. The highest BCUT2D eigenvalue weighted by molar-refractivity contribution is 6.29. The van der Waals surface area contributed by atoms with Crippen LogP contribution in [0.5, 0.6) is 0 Å². The van der Waals surface area contributed by atoms with E-state index in [0.29, 0.717) is 0 Å². The maximum absolute atomic E-state index is 12.3. The first-order chi connectivity index (χ1) is 7.88. The van der Waals surface area contributed by atoms with E-state index < -0.39 is 11.9 Å². The van der Waals surface area contributed by atoms with Gasteiger partial charge in [-0.3, -0.25) is 0 Å². The molecule has 2 aromatic rings. The molecule has 0 saturated carbocycles. The van der Waals surface area contributed by atoms with Gasteiger partial charge in [-0.05, 0) is 18.2 Å². The molecule has 0 radical (unpaired) electrons. The molecule has 2 N–H and O–H groups in total. The zero-order chi connectivity index (χ0) is 12.6. The Hall–Kier alpha value is -1.76. The Labute approximate surface area is 98.8 Å². The number of hydrogen-bond acceptors (Lipinski definition) is 3. The Bertz CT molecular complexity index is 549. The molecule has 2 heterocycles. The monoisotopic (exact) mass is 262 g/mol. The van der Waals surface area contributed by atoms with Crippen molar-refractivity contribution in [3.8, 4) is 5.82 Å². The van der Waals surface area contributed by atoms with Gasteiger partial charge in [-0.2, -0.15) is 18.3 Å². The number of pyridine rings is 1. The molecule has 0 aliphatic rings. The third-order valence-corrected chi connectivity index (χ3v) is 2.18. The number of alkyl halides is 3. The van der Waals surface area contributed by atoms with Gasteiger partial charge in [0.05, 0.1) is 5.69 Å². The normalized spacial score (nSPS) is 11.8. The largest absolute Gasteiger partial charge is 0.435 e. The molecule has 2 aromatic heterocycles. The first-order valence-corrected chi connectivity index (χ1v) is 4.81. The number of halogens is 4. The molecule has 2 rings (SSSR count). The fraction of sp³-hybridized carbons (Fsp3) is 0.111. The zero-order valence-corrected chi connectivity index (χ0v) is 9.00. The average molecular weight is 263 g/mol. The van der Waals surface area contributed by atoms with E-state index in [2.05, 4.69) is 10.1 Å². The van der Waals surface area contributed by atoms with Crippen LogP contribution in [-0.2, 0) is 6.18 Å². The minimum absolute atomic E-state index is 0.0630. The van der Waals surface area contributed by atoms with Gasteiger partial charge in [0.25, 0.3) is 0 Å². The zero-order valence-electron chi connectivity index (χ0n) is 8.24. The third-order valence-electron chi connectivity index (χ3n) is 1.97. The van der Waals surface area contributed by atoms with E-state index in [-0.39, 0.29) is 16.7 Å². The van der Waals surface area contributed by atoms with E-state index in [0.717, 1.165) is 16.9 Å². The van der Waals surface area contributed by atoms with Crippen molar-refractivity contribution in [1.29, 1.82) is 0 Å². The van der Waals surface area contributed by atoms with E-state index in [9.17, 15) is 13.2 Å². The summed E-state index contributed by atoms with van der Waals surface area (Å²) >= 11 is 5.63. The summed E-state index contributed by atoms with van der Waals surface area (Å²) in [6.07, 6.45) is -3.38. The van der Waals surface area contributed by atoms with Crippen molar-refractivity contribution in [3.05, 3.63) is 35.2 Å². The van der Waals surface area contributed by atoms with Crippen molar-refractivity contribution in [1.82, 2.24) is 14.8 Å². The lowest BCUT2D eigenvalue weighted by Crippen LogP contribution is -2.09. The Morgan fingerprint density at radius 2 is 1.94 bits per heavy atom. The molecule has 0 unspecified atom stereocenters. The van der Waals surface area contributed by atoms with Crippen LogP contribution in [-0.4, -0.2) is 14.8 Å². The number of anilines is 1. The molecule has 0 aromatic carbocycles. The highest BCUT2D eigenvalue weighted by Gasteiger charge is 2.33. The number of aromatic nitrogens is 3. The summed E-state index contributed by atoms with van der Waals surface area (Å²) in [4.78, 5) is 3.81. The predicted molar refractivity (Wildman–Crippen MR) is 55.8 cm³/mol. The second-order valence-corrected chi connectivity index (χ2v) is 3.58. The number of nitrogen functional groups attached to an aromatic ring is 1. The maximum atomic E-state index is 12.3. The van der Waals surface area contributed by atoms with Crippen molar-refractivity contribution < 1.29 is 13.2 Å². The van der Waals surface area contributed by atoms with Crippen molar-refractivity contribution in [2.45, 2.75) is 6.18 Å². The Balaban J connectivity index is 2.47. The van der Waals surface area contributed by atoms with Gasteiger partial charge < -0.3 is 5.73 Å². The SMILES string of the molecule is Nc1ccc(Cl)nc1-n1ccc(C(F)(F)F)n1. The molecular formula is C9H6ClF3N4. The molecule has 4 nitrogen and oxygen atoms in total. The van der Waals surface area contributed by atoms with Crippen LogP contribution in [0, 0.1) is 0 Å². The molecule has 0 bridgehead atoms. The Morgan fingerprint density at radius 1 is 1.24 bits per heavy atom. The number of nitrogens with two attached hydrogens (primary N) is 1. The Morgan fingerprint density at radius 3 is 2.53 bits per heavy atom. The molecule has 0 spiro atoms. The lowest BCUT2D eigenvalue weighted by Gasteiger charge is -2.05. The number of nitrogens with zero attached hydrogens (tertiary/aromatic N) is 3. The summed E-state index contributed by atoms with van der Waals surface area (Å²) in [6, 6.07) is 3.72. The summed E-state index contributed by atoms with van der Waals surface area (Å²) < 4.78 is 38.0. The van der Waals surface area contributed by atoms with Crippen LogP contribution in [0.25, 0.3) is 5.82 Å². The molecular weight excluding hydrogens is 257 g/mol. The summed E-state index contributed by atoms with van der Waals surface area (Å²) in [6.45, 7) is 0. The van der Waals surface area contributed by atoms with Crippen molar-refractivity contribution in [2.75, 3.05) is 5.73 Å². The van der Waals surface area contributed by atoms with Crippen molar-refractivity contribution >= 4 is 17.3 Å². The van der Waals surface area contributed by atoms with Gasteiger partial charge in [0.1, 0.15) is 5.15 Å². The summed E-state index contributed by atoms with van der Waals surface area (Å²) in [5, 5.41) is 3.47. The Kier molecular flexibility index (Phi) is 2.70. The lowest BCUT2D eigenvalue weighted by atomic mass is 10.4. The second-order valence-electron chi connectivity index (χ2n) is 3.19. The smallest absolute Gasteiger partial charge is 0.396 e. The van der Waals surface area contributed by atoms with Gasteiger partial charge in [-0.1, -0.05) is 11.6 Å². The fourth-order valence-electron chi connectivity index (χ4n) is 1.21. The molecule has 17 heavy (non-hydrogen) atoms.